The van der Waals surface area contributed by atoms with Gasteiger partial charge in [-0.3, -0.25) is 9.59 Å². The van der Waals surface area contributed by atoms with Gasteiger partial charge in [-0.1, -0.05) is 78.1 Å². The highest BCUT2D eigenvalue weighted by Gasteiger charge is 2.33. The Labute approximate surface area is 229 Å². The van der Waals surface area contributed by atoms with Gasteiger partial charge in [-0.05, 0) is 75.4 Å². The molecule has 0 aromatic rings. The highest BCUT2D eigenvalue weighted by atomic mass is 32.2. The zero-order valence-corrected chi connectivity index (χ0v) is 25.5. The summed E-state index contributed by atoms with van der Waals surface area (Å²) in [4.78, 5) is 23.7. The second-order valence-electron chi connectivity index (χ2n) is 10.1. The molecule has 0 saturated carbocycles. The zero-order valence-electron chi connectivity index (χ0n) is 23.1. The van der Waals surface area contributed by atoms with Crippen LogP contribution in [0.1, 0.15) is 130 Å². The van der Waals surface area contributed by atoms with Crippen molar-refractivity contribution in [2.45, 2.75) is 140 Å². The first-order valence-electron chi connectivity index (χ1n) is 14.0. The third kappa shape index (κ3) is 18.0. The van der Waals surface area contributed by atoms with Gasteiger partial charge in [-0.15, -0.1) is 23.5 Å². The molecule has 35 heavy (non-hydrogen) atoms. The van der Waals surface area contributed by atoms with Crippen molar-refractivity contribution in [2.75, 3.05) is 23.0 Å². The average Bonchev–Trinajstić information content (AvgIpc) is 2.82. The van der Waals surface area contributed by atoms with Gasteiger partial charge in [0.25, 0.3) is 0 Å². The summed E-state index contributed by atoms with van der Waals surface area (Å²) >= 11 is 5.05. The monoisotopic (exact) mass is 550 g/mol. The third-order valence-corrected chi connectivity index (χ3v) is 10.8. The molecule has 2 unspecified atom stereocenters. The van der Waals surface area contributed by atoms with Crippen LogP contribution in [0.15, 0.2) is 0 Å². The highest BCUT2D eigenvalue weighted by Crippen LogP contribution is 2.34. The summed E-state index contributed by atoms with van der Waals surface area (Å²) in [6.07, 6.45) is 18.0. The summed E-state index contributed by atoms with van der Waals surface area (Å²) < 4.78 is -1.39. The molecule has 0 spiro atoms. The molecule has 0 heterocycles. The lowest BCUT2D eigenvalue weighted by Gasteiger charge is -2.25. The summed E-state index contributed by atoms with van der Waals surface area (Å²) in [5.41, 5.74) is 0. The van der Waals surface area contributed by atoms with Crippen LogP contribution in [0.2, 0.25) is 0 Å². The molecule has 0 bridgehead atoms. The molecule has 0 aliphatic rings. The molecule has 0 aliphatic carbocycles. The molecular weight excluding hydrogens is 497 g/mol. The number of aliphatic carboxylic acids is 2. The first kappa shape index (κ1) is 35.0. The molecule has 7 heteroatoms. The molecule has 0 aromatic heterocycles. The quantitative estimate of drug-likeness (QED) is 0.104. The van der Waals surface area contributed by atoms with Crippen LogP contribution in [0.3, 0.4) is 0 Å². The smallest absolute Gasteiger partial charge is 0.319 e. The Morgan fingerprint density at radius 3 is 1.23 bits per heavy atom. The standard InChI is InChI=1S/C28H54O4S3/c1-5-7-9-11-13-15-23-34-27(3,25(29)30)19-17-21-33-22-18-20-28(4,26(31)32)35-24-16-14-12-10-8-6-2/h5-24H2,1-4H3,(H,29,30)(H,31,32). The van der Waals surface area contributed by atoms with Crippen molar-refractivity contribution < 1.29 is 19.8 Å². The molecule has 0 amide bonds. The van der Waals surface area contributed by atoms with Crippen LogP contribution in [0.5, 0.6) is 0 Å². The van der Waals surface area contributed by atoms with Crippen LogP contribution in [0.25, 0.3) is 0 Å². The van der Waals surface area contributed by atoms with E-state index in [4.69, 9.17) is 0 Å². The first-order valence-corrected chi connectivity index (χ1v) is 17.2. The number of rotatable bonds is 26. The van der Waals surface area contributed by atoms with E-state index in [1.807, 2.05) is 25.6 Å². The molecule has 208 valence electrons. The Bertz CT molecular complexity index is 500. The molecule has 2 atom stereocenters. The molecule has 0 aromatic carbocycles. The number of carboxylic acid groups (broad SMARTS) is 2. The molecule has 0 rings (SSSR count). The van der Waals surface area contributed by atoms with Crippen molar-refractivity contribution in [2.24, 2.45) is 0 Å². The summed E-state index contributed by atoms with van der Waals surface area (Å²) in [6.45, 7) is 8.19. The lowest BCUT2D eigenvalue weighted by molar-refractivity contribution is -0.140. The minimum absolute atomic E-state index is 0.691. The van der Waals surface area contributed by atoms with Crippen molar-refractivity contribution in [3.05, 3.63) is 0 Å². The molecule has 2 N–H and O–H groups in total. The van der Waals surface area contributed by atoms with Crippen LogP contribution in [-0.4, -0.2) is 54.7 Å². The minimum atomic E-state index is -0.696. The zero-order chi connectivity index (χ0) is 26.4. The summed E-state index contributed by atoms with van der Waals surface area (Å²) in [6, 6.07) is 0. The predicted octanol–water partition coefficient (Wildman–Crippen LogP) is 9.15. The predicted molar refractivity (Wildman–Crippen MR) is 160 cm³/mol. The third-order valence-electron chi connectivity index (χ3n) is 6.63. The fraction of sp³-hybridized carbons (Fsp3) is 0.929. The van der Waals surface area contributed by atoms with Crippen molar-refractivity contribution in [1.82, 2.24) is 0 Å². The Morgan fingerprint density at radius 1 is 0.543 bits per heavy atom. The van der Waals surface area contributed by atoms with E-state index in [1.54, 1.807) is 23.5 Å². The number of hydrogen-bond donors (Lipinski definition) is 2. The molecule has 0 radical (unpaired) electrons. The van der Waals surface area contributed by atoms with Gasteiger partial charge in [0.05, 0.1) is 0 Å². The van der Waals surface area contributed by atoms with Crippen molar-refractivity contribution >= 4 is 47.2 Å². The van der Waals surface area contributed by atoms with Crippen molar-refractivity contribution in [1.29, 1.82) is 0 Å². The minimum Gasteiger partial charge on any atom is -0.480 e. The topological polar surface area (TPSA) is 74.6 Å². The van der Waals surface area contributed by atoms with E-state index in [0.717, 1.165) is 48.7 Å². The van der Waals surface area contributed by atoms with Gasteiger partial charge >= 0.3 is 11.9 Å². The Balaban J connectivity index is 4.06. The Morgan fingerprint density at radius 2 is 0.886 bits per heavy atom. The van der Waals surface area contributed by atoms with Crippen LogP contribution >= 0.6 is 35.3 Å². The van der Waals surface area contributed by atoms with Gasteiger partial charge in [-0.2, -0.15) is 11.8 Å². The number of carboxylic acids is 2. The van der Waals surface area contributed by atoms with Gasteiger partial charge in [0.15, 0.2) is 0 Å². The maximum absolute atomic E-state index is 11.9. The van der Waals surface area contributed by atoms with E-state index < -0.39 is 21.4 Å². The fourth-order valence-electron chi connectivity index (χ4n) is 3.97. The first-order chi connectivity index (χ1) is 16.7. The van der Waals surface area contributed by atoms with Gasteiger partial charge in [0.1, 0.15) is 9.49 Å². The van der Waals surface area contributed by atoms with Gasteiger partial charge in [0.2, 0.25) is 0 Å². The lowest BCUT2D eigenvalue weighted by atomic mass is 10.1. The van der Waals surface area contributed by atoms with E-state index in [2.05, 4.69) is 13.8 Å². The fourth-order valence-corrected chi connectivity index (χ4v) is 7.29. The van der Waals surface area contributed by atoms with E-state index >= 15 is 0 Å². The maximum atomic E-state index is 11.9. The van der Waals surface area contributed by atoms with Crippen LogP contribution in [-0.2, 0) is 9.59 Å². The molecular formula is C28H54O4S3. The Kier molecular flexibility index (Phi) is 22.0. The van der Waals surface area contributed by atoms with Crippen LogP contribution in [0.4, 0.5) is 0 Å². The SMILES string of the molecule is CCCCCCCCSC(C)(CCCSCCCC(C)(SCCCCCCCC)C(=O)O)C(=O)O. The van der Waals surface area contributed by atoms with Gasteiger partial charge in [-0.25, -0.2) is 0 Å². The van der Waals surface area contributed by atoms with E-state index in [9.17, 15) is 19.8 Å². The molecule has 0 aliphatic heterocycles. The Hall–Kier alpha value is -0.0100. The van der Waals surface area contributed by atoms with Crippen LogP contribution in [0, 0.1) is 0 Å². The normalized spacial score (nSPS) is 15.0. The van der Waals surface area contributed by atoms with Gasteiger partial charge < -0.3 is 10.2 Å². The van der Waals surface area contributed by atoms with Crippen molar-refractivity contribution in [3.8, 4) is 0 Å². The molecule has 0 fully saturated rings. The highest BCUT2D eigenvalue weighted by molar-refractivity contribution is 8.01. The average molecular weight is 551 g/mol. The number of hydrogen-bond acceptors (Lipinski definition) is 5. The maximum Gasteiger partial charge on any atom is 0.319 e. The van der Waals surface area contributed by atoms with E-state index in [1.165, 1.54) is 64.2 Å². The van der Waals surface area contributed by atoms with Crippen LogP contribution < -0.4 is 0 Å². The van der Waals surface area contributed by atoms with Gasteiger partial charge in [0, 0.05) is 0 Å². The molecule has 4 nitrogen and oxygen atoms in total. The largest absolute Gasteiger partial charge is 0.480 e. The number of unbranched alkanes of at least 4 members (excludes halogenated alkanes) is 10. The second-order valence-corrected chi connectivity index (χ2v) is 14.5. The van der Waals surface area contributed by atoms with E-state index in [0.29, 0.717) is 12.8 Å². The lowest BCUT2D eigenvalue weighted by Crippen LogP contribution is -2.32. The van der Waals surface area contributed by atoms with E-state index in [-0.39, 0.29) is 0 Å². The summed E-state index contributed by atoms with van der Waals surface area (Å²) in [5, 5.41) is 19.5. The summed E-state index contributed by atoms with van der Waals surface area (Å²) in [7, 11) is 0. The van der Waals surface area contributed by atoms with Crippen molar-refractivity contribution in [3.63, 3.8) is 0 Å². The summed E-state index contributed by atoms with van der Waals surface area (Å²) in [5.74, 6) is 2.33. The molecule has 0 saturated heterocycles. The second kappa shape index (κ2) is 22.0. The number of carbonyl (C=O) groups is 2. The number of thioether (sulfide) groups is 3.